The zero-order valence-corrected chi connectivity index (χ0v) is 16.1. The molecule has 0 bridgehead atoms. The van der Waals surface area contributed by atoms with Crippen molar-refractivity contribution in [3.8, 4) is 5.75 Å². The first-order valence-corrected chi connectivity index (χ1v) is 8.71. The second kappa shape index (κ2) is 8.92. The fourth-order valence-corrected chi connectivity index (χ4v) is 2.55. The third-order valence-electron chi connectivity index (χ3n) is 3.48. The van der Waals surface area contributed by atoms with Gasteiger partial charge in [-0.05, 0) is 56.7 Å². The lowest BCUT2D eigenvalue weighted by Gasteiger charge is -2.18. The Bertz CT molecular complexity index is 810. The molecular formula is C19H19Cl2NO4. The van der Waals surface area contributed by atoms with E-state index in [1.165, 1.54) is 19.9 Å². The maximum Gasteiger partial charge on any atom is 0.347 e. The van der Waals surface area contributed by atoms with Crippen molar-refractivity contribution in [3.05, 3.63) is 58.1 Å². The van der Waals surface area contributed by atoms with E-state index in [9.17, 15) is 9.59 Å². The molecule has 7 heteroatoms. The van der Waals surface area contributed by atoms with Gasteiger partial charge in [-0.3, -0.25) is 4.79 Å². The van der Waals surface area contributed by atoms with Crippen molar-refractivity contribution >= 4 is 40.8 Å². The number of hydrogen-bond donors (Lipinski definition) is 1. The highest BCUT2D eigenvalue weighted by Gasteiger charge is 2.24. The van der Waals surface area contributed by atoms with Crippen molar-refractivity contribution in [1.29, 1.82) is 0 Å². The Hall–Kier alpha value is -2.24. The average molecular weight is 396 g/mol. The van der Waals surface area contributed by atoms with Gasteiger partial charge in [0.15, 0.2) is 12.2 Å². The zero-order valence-electron chi connectivity index (χ0n) is 14.6. The average Bonchev–Trinajstić information content (AvgIpc) is 2.57. The predicted molar refractivity (Wildman–Crippen MR) is 102 cm³/mol. The maximum absolute atomic E-state index is 12.2. The molecule has 0 aliphatic heterocycles. The summed E-state index contributed by atoms with van der Waals surface area (Å²) < 4.78 is 10.6. The highest BCUT2D eigenvalue weighted by Crippen LogP contribution is 2.28. The molecule has 0 fully saturated rings. The van der Waals surface area contributed by atoms with Gasteiger partial charge in [0.05, 0.1) is 5.02 Å². The summed E-state index contributed by atoms with van der Waals surface area (Å²) in [5.41, 5.74) is 1.64. The first-order chi connectivity index (χ1) is 12.3. The van der Waals surface area contributed by atoms with Gasteiger partial charge in [-0.15, -0.1) is 0 Å². The summed E-state index contributed by atoms with van der Waals surface area (Å²) in [6, 6.07) is 12.0. The predicted octanol–water partition coefficient (Wildman–Crippen LogP) is 4.64. The Balaban J connectivity index is 1.91. The molecule has 2 aromatic rings. The molecule has 0 radical (unpaired) electrons. The van der Waals surface area contributed by atoms with Crippen LogP contribution in [0.15, 0.2) is 42.5 Å². The van der Waals surface area contributed by atoms with Crippen LogP contribution in [0.5, 0.6) is 5.75 Å². The molecular weight excluding hydrogens is 377 g/mol. The van der Waals surface area contributed by atoms with Gasteiger partial charge in [0.2, 0.25) is 0 Å². The van der Waals surface area contributed by atoms with Crippen molar-refractivity contribution in [1.82, 2.24) is 0 Å². The number of ether oxygens (including phenoxy) is 2. The Kier molecular flexibility index (Phi) is 6.89. The van der Waals surface area contributed by atoms with Crippen LogP contribution in [0, 0.1) is 6.92 Å². The molecule has 0 saturated carbocycles. The summed E-state index contributed by atoms with van der Waals surface area (Å²) in [5.74, 6) is -0.805. The van der Waals surface area contributed by atoms with E-state index in [0.29, 0.717) is 16.5 Å². The number of benzene rings is 2. The van der Waals surface area contributed by atoms with Crippen LogP contribution >= 0.6 is 23.2 Å². The minimum atomic E-state index is -0.977. The largest absolute Gasteiger partial charge is 0.477 e. The van der Waals surface area contributed by atoms with Crippen LogP contribution in [0.2, 0.25) is 10.0 Å². The van der Waals surface area contributed by atoms with Gasteiger partial charge >= 0.3 is 5.97 Å². The van der Waals surface area contributed by atoms with Crippen molar-refractivity contribution in [3.63, 3.8) is 0 Å². The Labute approximate surface area is 162 Å². The normalized spacial score (nSPS) is 12.8. The molecule has 0 heterocycles. The van der Waals surface area contributed by atoms with Gasteiger partial charge < -0.3 is 14.8 Å². The third-order valence-corrected chi connectivity index (χ3v) is 4.01. The van der Waals surface area contributed by atoms with Crippen LogP contribution in [0.4, 0.5) is 5.69 Å². The molecule has 1 amide bonds. The number of nitrogens with one attached hydrogen (secondary N) is 1. The number of carbonyl (C=O) groups excluding carboxylic acids is 2. The van der Waals surface area contributed by atoms with Crippen molar-refractivity contribution in [2.24, 2.45) is 0 Å². The van der Waals surface area contributed by atoms with Gasteiger partial charge in [-0.1, -0.05) is 35.3 Å². The van der Waals surface area contributed by atoms with Crippen LogP contribution < -0.4 is 10.1 Å². The molecule has 26 heavy (non-hydrogen) atoms. The first kappa shape index (κ1) is 20.1. The standard InChI is InChI=1S/C19H19Cl2NO4/c1-11-5-4-6-15(9-11)22-18(23)12(2)26-19(24)13(3)25-17-8-7-14(20)10-16(17)21/h4-10,12-13H,1-3H3,(H,22,23)/t12-,13+/m0/s1. The van der Waals surface area contributed by atoms with Crippen LogP contribution in [0.3, 0.4) is 0 Å². The lowest BCUT2D eigenvalue weighted by atomic mass is 10.2. The monoisotopic (exact) mass is 395 g/mol. The van der Waals surface area contributed by atoms with Crippen LogP contribution in [0.1, 0.15) is 19.4 Å². The van der Waals surface area contributed by atoms with E-state index in [-0.39, 0.29) is 5.02 Å². The molecule has 0 aliphatic carbocycles. The molecule has 2 aromatic carbocycles. The van der Waals surface area contributed by atoms with Gasteiger partial charge in [0, 0.05) is 10.7 Å². The van der Waals surface area contributed by atoms with E-state index >= 15 is 0 Å². The topological polar surface area (TPSA) is 64.6 Å². The number of amides is 1. The van der Waals surface area contributed by atoms with Gasteiger partial charge in [0.1, 0.15) is 5.75 Å². The van der Waals surface area contributed by atoms with E-state index in [1.807, 2.05) is 25.1 Å². The zero-order chi connectivity index (χ0) is 19.3. The SMILES string of the molecule is Cc1cccc(NC(=O)[C@H](C)OC(=O)[C@@H](C)Oc2ccc(Cl)cc2Cl)c1. The minimum Gasteiger partial charge on any atom is -0.477 e. The number of halogens is 2. The number of hydrogen-bond acceptors (Lipinski definition) is 4. The molecule has 0 aliphatic rings. The summed E-state index contributed by atoms with van der Waals surface area (Å²) in [6.07, 6.45) is -1.92. The summed E-state index contributed by atoms with van der Waals surface area (Å²) >= 11 is 11.8. The third kappa shape index (κ3) is 5.64. The number of esters is 1. The summed E-state index contributed by atoms with van der Waals surface area (Å²) in [5, 5.41) is 3.44. The van der Waals surface area contributed by atoms with Crippen LogP contribution in [-0.4, -0.2) is 24.1 Å². The number of aryl methyl sites for hydroxylation is 1. The second-order valence-electron chi connectivity index (χ2n) is 5.77. The summed E-state index contributed by atoms with van der Waals surface area (Å²) in [7, 11) is 0. The van der Waals surface area contributed by atoms with Crippen molar-refractivity contribution < 1.29 is 19.1 Å². The van der Waals surface area contributed by atoms with E-state index < -0.39 is 24.1 Å². The second-order valence-corrected chi connectivity index (χ2v) is 6.62. The quantitative estimate of drug-likeness (QED) is 0.723. The molecule has 0 unspecified atom stereocenters. The number of carbonyl (C=O) groups is 2. The van der Waals surface area contributed by atoms with Crippen molar-refractivity contribution in [2.75, 3.05) is 5.32 Å². The number of anilines is 1. The lowest BCUT2D eigenvalue weighted by Crippen LogP contribution is -2.35. The summed E-state index contributed by atoms with van der Waals surface area (Å²) in [4.78, 5) is 24.3. The minimum absolute atomic E-state index is 0.280. The molecule has 5 nitrogen and oxygen atoms in total. The van der Waals surface area contributed by atoms with Gasteiger partial charge in [0.25, 0.3) is 5.91 Å². The van der Waals surface area contributed by atoms with Gasteiger partial charge in [-0.25, -0.2) is 4.79 Å². The van der Waals surface area contributed by atoms with Crippen LogP contribution in [-0.2, 0) is 14.3 Å². The molecule has 0 saturated heterocycles. The Morgan fingerprint density at radius 3 is 2.42 bits per heavy atom. The molecule has 2 rings (SSSR count). The highest BCUT2D eigenvalue weighted by molar-refractivity contribution is 6.35. The fourth-order valence-electron chi connectivity index (χ4n) is 2.10. The molecule has 2 atom stereocenters. The van der Waals surface area contributed by atoms with Crippen molar-refractivity contribution in [2.45, 2.75) is 33.0 Å². The molecule has 0 aromatic heterocycles. The first-order valence-electron chi connectivity index (χ1n) is 7.96. The smallest absolute Gasteiger partial charge is 0.347 e. The Morgan fingerprint density at radius 1 is 1.04 bits per heavy atom. The van der Waals surface area contributed by atoms with E-state index in [1.54, 1.807) is 18.2 Å². The fraction of sp³-hybridized carbons (Fsp3) is 0.263. The highest BCUT2D eigenvalue weighted by atomic mass is 35.5. The lowest BCUT2D eigenvalue weighted by molar-refractivity contribution is -0.159. The van der Waals surface area contributed by atoms with E-state index in [2.05, 4.69) is 5.32 Å². The van der Waals surface area contributed by atoms with E-state index in [4.69, 9.17) is 32.7 Å². The Morgan fingerprint density at radius 2 is 1.77 bits per heavy atom. The molecule has 138 valence electrons. The molecule has 1 N–H and O–H groups in total. The maximum atomic E-state index is 12.2. The van der Waals surface area contributed by atoms with E-state index in [0.717, 1.165) is 5.56 Å². The molecule has 0 spiro atoms. The summed E-state index contributed by atoms with van der Waals surface area (Å²) in [6.45, 7) is 4.92. The van der Waals surface area contributed by atoms with Gasteiger partial charge in [-0.2, -0.15) is 0 Å². The van der Waals surface area contributed by atoms with Crippen LogP contribution in [0.25, 0.3) is 0 Å². The number of rotatable bonds is 6.